The van der Waals surface area contributed by atoms with Crippen molar-refractivity contribution in [2.75, 3.05) is 0 Å². The zero-order valence-corrected chi connectivity index (χ0v) is 12.1. The highest BCUT2D eigenvalue weighted by Gasteiger charge is 2.23. The van der Waals surface area contributed by atoms with Gasteiger partial charge in [0.2, 0.25) is 11.8 Å². The van der Waals surface area contributed by atoms with Crippen molar-refractivity contribution in [3.05, 3.63) is 71.8 Å². The molecule has 0 aromatic heterocycles. The Bertz CT molecular complexity index is 629. The maximum Gasteiger partial charge on any atom is 0.239 e. The van der Waals surface area contributed by atoms with Crippen LogP contribution in [0.2, 0.25) is 0 Å². The van der Waals surface area contributed by atoms with Crippen LogP contribution in [0.3, 0.4) is 0 Å². The molecule has 2 amide bonds. The van der Waals surface area contributed by atoms with Gasteiger partial charge in [-0.2, -0.15) is 0 Å². The summed E-state index contributed by atoms with van der Waals surface area (Å²) in [5.74, 6) is -0.950. The molecule has 0 heterocycles. The summed E-state index contributed by atoms with van der Waals surface area (Å²) in [6, 6.07) is 17.5. The van der Waals surface area contributed by atoms with Gasteiger partial charge in [-0.3, -0.25) is 14.9 Å². The van der Waals surface area contributed by atoms with Gasteiger partial charge in [-0.1, -0.05) is 60.7 Å². The van der Waals surface area contributed by atoms with Crippen LogP contribution < -0.4 is 16.8 Å². The van der Waals surface area contributed by atoms with Gasteiger partial charge >= 0.3 is 0 Å². The Morgan fingerprint density at radius 3 is 1.82 bits per heavy atom. The van der Waals surface area contributed by atoms with E-state index in [0.717, 1.165) is 11.1 Å². The SMILES string of the molecule is NC(=O)CC(N[C@H](C(N)=O)c1ccccc1)c1ccccc1. The molecule has 5 N–H and O–H groups in total. The quantitative estimate of drug-likeness (QED) is 0.720. The molecule has 0 saturated heterocycles. The maximum atomic E-state index is 11.8. The van der Waals surface area contributed by atoms with Crippen LogP contribution in [0.15, 0.2) is 60.7 Å². The van der Waals surface area contributed by atoms with Gasteiger partial charge in [-0.05, 0) is 11.1 Å². The predicted molar refractivity (Wildman–Crippen MR) is 84.5 cm³/mol. The Morgan fingerprint density at radius 2 is 1.36 bits per heavy atom. The van der Waals surface area contributed by atoms with Crippen LogP contribution in [0.1, 0.15) is 29.6 Å². The molecule has 0 aliphatic rings. The van der Waals surface area contributed by atoms with Gasteiger partial charge in [0.05, 0.1) is 0 Å². The average molecular weight is 297 g/mol. The van der Waals surface area contributed by atoms with Crippen LogP contribution in [-0.2, 0) is 9.59 Å². The van der Waals surface area contributed by atoms with Gasteiger partial charge in [0.1, 0.15) is 6.04 Å². The lowest BCUT2D eigenvalue weighted by Crippen LogP contribution is -2.37. The van der Waals surface area contributed by atoms with Crippen LogP contribution >= 0.6 is 0 Å². The van der Waals surface area contributed by atoms with Crippen molar-refractivity contribution in [2.24, 2.45) is 11.5 Å². The highest BCUT2D eigenvalue weighted by molar-refractivity contribution is 5.81. The van der Waals surface area contributed by atoms with E-state index in [4.69, 9.17) is 11.5 Å². The van der Waals surface area contributed by atoms with E-state index in [9.17, 15) is 9.59 Å². The summed E-state index contributed by atoms with van der Waals surface area (Å²) in [5, 5.41) is 3.14. The number of hydrogen-bond donors (Lipinski definition) is 3. The number of primary amides is 2. The van der Waals surface area contributed by atoms with Gasteiger partial charge in [-0.15, -0.1) is 0 Å². The fraction of sp³-hybridized carbons (Fsp3) is 0.176. The van der Waals surface area contributed by atoms with E-state index in [2.05, 4.69) is 5.32 Å². The van der Waals surface area contributed by atoms with E-state index < -0.39 is 17.9 Å². The van der Waals surface area contributed by atoms with Crippen molar-refractivity contribution in [3.63, 3.8) is 0 Å². The smallest absolute Gasteiger partial charge is 0.239 e. The normalized spacial score (nSPS) is 13.3. The molecule has 2 atom stereocenters. The minimum absolute atomic E-state index is 0.0840. The number of carbonyl (C=O) groups excluding carboxylic acids is 2. The maximum absolute atomic E-state index is 11.8. The van der Waals surface area contributed by atoms with Gasteiger partial charge in [0, 0.05) is 12.5 Å². The minimum atomic E-state index is -0.689. The molecule has 2 aromatic carbocycles. The number of carbonyl (C=O) groups is 2. The lowest BCUT2D eigenvalue weighted by atomic mass is 9.99. The van der Waals surface area contributed by atoms with E-state index in [1.165, 1.54) is 0 Å². The molecule has 2 aromatic rings. The average Bonchev–Trinajstić information content (AvgIpc) is 2.52. The Hall–Kier alpha value is -2.66. The third-order valence-electron chi connectivity index (χ3n) is 3.39. The molecule has 2 rings (SSSR count). The molecule has 5 heteroatoms. The molecule has 1 unspecified atom stereocenters. The van der Waals surface area contributed by atoms with E-state index in [1.807, 2.05) is 60.7 Å². The number of benzene rings is 2. The fourth-order valence-electron chi connectivity index (χ4n) is 2.35. The Labute approximate surface area is 129 Å². The summed E-state index contributed by atoms with van der Waals surface area (Å²) in [5.41, 5.74) is 12.5. The molecule has 0 saturated carbocycles. The molecule has 0 aliphatic heterocycles. The van der Waals surface area contributed by atoms with Crippen molar-refractivity contribution in [3.8, 4) is 0 Å². The van der Waals surface area contributed by atoms with Gasteiger partial charge < -0.3 is 11.5 Å². The molecule has 22 heavy (non-hydrogen) atoms. The molecule has 0 spiro atoms. The summed E-state index contributed by atoms with van der Waals surface area (Å²) in [6.45, 7) is 0. The van der Waals surface area contributed by atoms with Crippen LogP contribution in [0.5, 0.6) is 0 Å². The number of nitrogens with two attached hydrogens (primary N) is 2. The lowest BCUT2D eigenvalue weighted by molar-refractivity contribution is -0.122. The molecular formula is C17H19N3O2. The summed E-state index contributed by atoms with van der Waals surface area (Å²) < 4.78 is 0. The fourth-order valence-corrected chi connectivity index (χ4v) is 2.35. The molecule has 0 bridgehead atoms. The molecule has 0 aliphatic carbocycles. The van der Waals surface area contributed by atoms with Crippen LogP contribution in [0.25, 0.3) is 0 Å². The van der Waals surface area contributed by atoms with Crippen LogP contribution in [-0.4, -0.2) is 11.8 Å². The second-order valence-corrected chi connectivity index (χ2v) is 5.05. The Balaban J connectivity index is 2.27. The molecule has 0 radical (unpaired) electrons. The molecule has 5 nitrogen and oxygen atoms in total. The zero-order chi connectivity index (χ0) is 15.9. The van der Waals surface area contributed by atoms with Crippen molar-refractivity contribution in [2.45, 2.75) is 18.5 Å². The third-order valence-corrected chi connectivity index (χ3v) is 3.39. The van der Waals surface area contributed by atoms with E-state index in [1.54, 1.807) is 0 Å². The van der Waals surface area contributed by atoms with Crippen molar-refractivity contribution < 1.29 is 9.59 Å². The highest BCUT2D eigenvalue weighted by Crippen LogP contribution is 2.22. The van der Waals surface area contributed by atoms with E-state index >= 15 is 0 Å². The second-order valence-electron chi connectivity index (χ2n) is 5.05. The summed E-state index contributed by atoms with van der Waals surface area (Å²) in [7, 11) is 0. The first-order chi connectivity index (χ1) is 10.6. The zero-order valence-electron chi connectivity index (χ0n) is 12.1. The number of rotatable bonds is 7. The first-order valence-corrected chi connectivity index (χ1v) is 7.01. The second kappa shape index (κ2) is 7.38. The molecule has 0 fully saturated rings. The highest BCUT2D eigenvalue weighted by atomic mass is 16.1. The molecule has 114 valence electrons. The van der Waals surface area contributed by atoms with Gasteiger partial charge in [-0.25, -0.2) is 0 Å². The van der Waals surface area contributed by atoms with Crippen molar-refractivity contribution in [1.29, 1.82) is 0 Å². The molecular weight excluding hydrogens is 278 g/mol. The minimum Gasteiger partial charge on any atom is -0.370 e. The third kappa shape index (κ3) is 4.17. The first-order valence-electron chi connectivity index (χ1n) is 7.01. The first kappa shape index (κ1) is 15.7. The summed E-state index contributed by atoms with van der Waals surface area (Å²) >= 11 is 0. The van der Waals surface area contributed by atoms with E-state index in [0.29, 0.717) is 0 Å². The number of amides is 2. The summed E-state index contributed by atoms with van der Waals surface area (Å²) in [6.07, 6.45) is 0.0840. The van der Waals surface area contributed by atoms with Crippen LogP contribution in [0, 0.1) is 0 Å². The Kier molecular flexibility index (Phi) is 5.27. The number of nitrogens with one attached hydrogen (secondary N) is 1. The predicted octanol–water partition coefficient (Wildman–Crippen LogP) is 1.42. The lowest BCUT2D eigenvalue weighted by Gasteiger charge is -2.24. The van der Waals surface area contributed by atoms with Crippen LogP contribution in [0.4, 0.5) is 0 Å². The van der Waals surface area contributed by atoms with E-state index in [-0.39, 0.29) is 12.5 Å². The van der Waals surface area contributed by atoms with Gasteiger partial charge in [0.25, 0.3) is 0 Å². The largest absolute Gasteiger partial charge is 0.370 e. The number of hydrogen-bond acceptors (Lipinski definition) is 3. The van der Waals surface area contributed by atoms with Crippen molar-refractivity contribution >= 4 is 11.8 Å². The van der Waals surface area contributed by atoms with Gasteiger partial charge in [0.15, 0.2) is 0 Å². The monoisotopic (exact) mass is 297 g/mol. The summed E-state index contributed by atoms with van der Waals surface area (Å²) in [4.78, 5) is 23.1. The topological polar surface area (TPSA) is 98.2 Å². The Morgan fingerprint density at radius 1 is 0.864 bits per heavy atom. The standard InChI is InChI=1S/C17H19N3O2/c18-15(21)11-14(12-7-3-1-4-8-12)20-16(17(19)22)13-9-5-2-6-10-13/h1-10,14,16,20H,11H2,(H2,18,21)(H2,19,22)/t14?,16-/m0/s1. The van der Waals surface area contributed by atoms with Crippen molar-refractivity contribution in [1.82, 2.24) is 5.32 Å².